The van der Waals surface area contributed by atoms with Crippen molar-refractivity contribution in [3.8, 4) is 6.07 Å². The van der Waals surface area contributed by atoms with Crippen LogP contribution in [0.3, 0.4) is 0 Å². The molecule has 2 N–H and O–H groups in total. The van der Waals surface area contributed by atoms with Crippen LogP contribution in [0.25, 0.3) is 0 Å². The number of anilines is 2. The minimum Gasteiger partial charge on any atom is -0.384 e. The molecule has 0 saturated carbocycles. The summed E-state index contributed by atoms with van der Waals surface area (Å²) in [6, 6.07) is 17.3. The molecule has 2 heterocycles. The molecule has 33 heavy (non-hydrogen) atoms. The van der Waals surface area contributed by atoms with Crippen LogP contribution in [0, 0.1) is 18.3 Å². The average molecular weight is 437 g/mol. The fourth-order valence-electron chi connectivity index (χ4n) is 5.53. The van der Waals surface area contributed by atoms with E-state index in [0.717, 1.165) is 11.3 Å². The van der Waals surface area contributed by atoms with Gasteiger partial charge in [-0.3, -0.25) is 14.5 Å². The van der Waals surface area contributed by atoms with Crippen molar-refractivity contribution in [1.82, 2.24) is 0 Å². The van der Waals surface area contributed by atoms with E-state index in [9.17, 15) is 14.9 Å². The lowest BCUT2D eigenvalue weighted by atomic mass is 9.63. The zero-order chi connectivity index (χ0) is 23.3. The number of ketones is 1. The van der Waals surface area contributed by atoms with Crippen LogP contribution in [0.2, 0.25) is 0 Å². The topological polar surface area (TPSA) is 90.4 Å². The zero-order valence-electron chi connectivity index (χ0n) is 18.5. The second-order valence-electron chi connectivity index (χ2n) is 8.56. The molecule has 1 unspecified atom stereocenters. The summed E-state index contributed by atoms with van der Waals surface area (Å²) in [6.07, 6.45) is 3.23. The molecule has 2 aliphatic heterocycles. The van der Waals surface area contributed by atoms with Gasteiger partial charge in [-0.2, -0.15) is 5.26 Å². The van der Waals surface area contributed by atoms with Crippen LogP contribution in [-0.2, 0) is 15.0 Å². The molecule has 0 radical (unpaired) electrons. The Labute approximate surface area is 192 Å². The van der Waals surface area contributed by atoms with E-state index in [-0.39, 0.29) is 29.6 Å². The number of benzene rings is 2. The summed E-state index contributed by atoms with van der Waals surface area (Å²) < 4.78 is 0. The molecule has 0 aromatic heterocycles. The standard InChI is InChI=1S/C27H24N4O2/c1-3-15-30-21-12-7-5-10-18(21)27(26(30)33)19(16-28)25(29)31(20-11-6-4-9-17(20)2)22-13-8-14-23(32)24(22)27/h3-7,9-12H,1,8,13-15,29H2,2H3. The Hall–Kier alpha value is -4.11. The highest BCUT2D eigenvalue weighted by Crippen LogP contribution is 2.56. The largest absolute Gasteiger partial charge is 0.384 e. The number of amides is 1. The third-order valence-electron chi connectivity index (χ3n) is 6.85. The maximum absolute atomic E-state index is 14.2. The number of carbonyl (C=O) groups is 2. The quantitative estimate of drug-likeness (QED) is 0.735. The molecule has 1 aliphatic carbocycles. The smallest absolute Gasteiger partial charge is 0.248 e. The molecule has 2 aromatic carbocycles. The van der Waals surface area contributed by atoms with Gasteiger partial charge in [0.15, 0.2) is 5.78 Å². The van der Waals surface area contributed by atoms with Gasteiger partial charge in [0.05, 0.1) is 11.3 Å². The summed E-state index contributed by atoms with van der Waals surface area (Å²) >= 11 is 0. The second kappa shape index (κ2) is 7.49. The van der Waals surface area contributed by atoms with E-state index in [0.29, 0.717) is 41.8 Å². The van der Waals surface area contributed by atoms with Crippen molar-refractivity contribution in [1.29, 1.82) is 5.26 Å². The highest BCUT2D eigenvalue weighted by atomic mass is 16.2. The Morgan fingerprint density at radius 2 is 1.82 bits per heavy atom. The lowest BCUT2D eigenvalue weighted by molar-refractivity contribution is -0.124. The summed E-state index contributed by atoms with van der Waals surface area (Å²) in [5, 5.41) is 10.4. The number of carbonyl (C=O) groups excluding carboxylic acids is 2. The van der Waals surface area contributed by atoms with Gasteiger partial charge in [-0.1, -0.05) is 42.5 Å². The monoisotopic (exact) mass is 436 g/mol. The van der Waals surface area contributed by atoms with Crippen LogP contribution in [0.5, 0.6) is 0 Å². The van der Waals surface area contributed by atoms with E-state index < -0.39 is 5.41 Å². The minimum atomic E-state index is -1.54. The van der Waals surface area contributed by atoms with Gasteiger partial charge in [-0.25, -0.2) is 0 Å². The Morgan fingerprint density at radius 3 is 2.52 bits per heavy atom. The predicted octanol–water partition coefficient (Wildman–Crippen LogP) is 3.99. The number of nitrogens with two attached hydrogens (primary N) is 1. The van der Waals surface area contributed by atoms with Crippen molar-refractivity contribution in [2.75, 3.05) is 16.3 Å². The summed E-state index contributed by atoms with van der Waals surface area (Å²) in [5.41, 5.74) is 9.46. The molecule has 5 rings (SSSR count). The number of hydrogen-bond donors (Lipinski definition) is 1. The maximum Gasteiger partial charge on any atom is 0.248 e. The first-order valence-corrected chi connectivity index (χ1v) is 11.0. The molecular formula is C27H24N4O2. The van der Waals surface area contributed by atoms with E-state index in [1.54, 1.807) is 11.0 Å². The number of allylic oxidation sites excluding steroid dienone is 1. The molecule has 0 saturated heterocycles. The third kappa shape index (κ3) is 2.59. The number of aryl methyl sites for hydroxylation is 1. The third-order valence-corrected chi connectivity index (χ3v) is 6.85. The molecule has 1 amide bonds. The maximum atomic E-state index is 14.2. The SMILES string of the molecule is C=CCN1C(=O)C2(C(C#N)=C(N)N(c3ccccc3C)C3=C2C(=O)CCC3)c2ccccc21. The summed E-state index contributed by atoms with van der Waals surface area (Å²) in [7, 11) is 0. The lowest BCUT2D eigenvalue weighted by Crippen LogP contribution is -2.52. The molecule has 2 aromatic rings. The van der Waals surface area contributed by atoms with Gasteiger partial charge in [-0.05, 0) is 37.5 Å². The van der Waals surface area contributed by atoms with Crippen LogP contribution in [-0.4, -0.2) is 18.2 Å². The molecule has 164 valence electrons. The molecule has 6 nitrogen and oxygen atoms in total. The molecule has 0 bridgehead atoms. The van der Waals surface area contributed by atoms with Crippen molar-refractivity contribution in [3.05, 3.63) is 95.0 Å². The number of fused-ring (bicyclic) bond motifs is 3. The van der Waals surface area contributed by atoms with Crippen LogP contribution < -0.4 is 15.5 Å². The van der Waals surface area contributed by atoms with Crippen molar-refractivity contribution < 1.29 is 9.59 Å². The molecule has 1 atom stereocenters. The van der Waals surface area contributed by atoms with E-state index >= 15 is 0 Å². The first-order valence-electron chi connectivity index (χ1n) is 11.0. The Balaban J connectivity index is 1.90. The number of nitrogens with zero attached hydrogens (tertiary/aromatic N) is 3. The van der Waals surface area contributed by atoms with Crippen molar-refractivity contribution in [3.63, 3.8) is 0 Å². The van der Waals surface area contributed by atoms with Crippen molar-refractivity contribution in [2.24, 2.45) is 5.73 Å². The minimum absolute atomic E-state index is 0.101. The van der Waals surface area contributed by atoms with E-state index in [1.165, 1.54) is 0 Å². The Morgan fingerprint density at radius 1 is 1.12 bits per heavy atom. The lowest BCUT2D eigenvalue weighted by Gasteiger charge is -2.44. The zero-order valence-corrected chi connectivity index (χ0v) is 18.5. The van der Waals surface area contributed by atoms with Crippen LogP contribution >= 0.6 is 0 Å². The second-order valence-corrected chi connectivity index (χ2v) is 8.56. The number of para-hydroxylation sites is 2. The molecular weight excluding hydrogens is 412 g/mol. The average Bonchev–Trinajstić information content (AvgIpc) is 3.05. The van der Waals surface area contributed by atoms with Crippen LogP contribution in [0.15, 0.2) is 83.9 Å². The number of Topliss-reactive ketones (excluding diaryl/α,β-unsaturated/α-hetero) is 1. The highest BCUT2D eigenvalue weighted by Gasteiger charge is 2.62. The number of hydrogen-bond acceptors (Lipinski definition) is 5. The summed E-state index contributed by atoms with van der Waals surface area (Å²) in [4.78, 5) is 31.2. The fraction of sp³-hybridized carbons (Fsp3) is 0.222. The van der Waals surface area contributed by atoms with Gasteiger partial charge in [0.2, 0.25) is 5.91 Å². The van der Waals surface area contributed by atoms with Gasteiger partial charge in [-0.15, -0.1) is 6.58 Å². The number of nitriles is 1. The van der Waals surface area contributed by atoms with Gasteiger partial charge in [0.25, 0.3) is 0 Å². The summed E-state index contributed by atoms with van der Waals surface area (Å²) in [6.45, 7) is 6.03. The molecule has 1 spiro atoms. The number of rotatable bonds is 3. The van der Waals surface area contributed by atoms with E-state index in [2.05, 4.69) is 12.6 Å². The Bertz CT molecular complexity index is 1330. The highest BCUT2D eigenvalue weighted by molar-refractivity contribution is 6.20. The van der Waals surface area contributed by atoms with Gasteiger partial charge >= 0.3 is 0 Å². The van der Waals surface area contributed by atoms with Gasteiger partial charge < -0.3 is 10.6 Å². The summed E-state index contributed by atoms with van der Waals surface area (Å²) in [5.74, 6) is -0.238. The fourth-order valence-corrected chi connectivity index (χ4v) is 5.53. The van der Waals surface area contributed by atoms with Gasteiger partial charge in [0.1, 0.15) is 17.3 Å². The molecule has 6 heteroatoms. The molecule has 0 fully saturated rings. The van der Waals surface area contributed by atoms with Crippen molar-refractivity contribution >= 4 is 23.1 Å². The van der Waals surface area contributed by atoms with Crippen LogP contribution in [0.1, 0.15) is 30.4 Å². The van der Waals surface area contributed by atoms with E-state index in [1.807, 2.05) is 60.4 Å². The van der Waals surface area contributed by atoms with Crippen molar-refractivity contribution in [2.45, 2.75) is 31.6 Å². The first kappa shape index (κ1) is 20.8. The molecule has 3 aliphatic rings. The van der Waals surface area contributed by atoms with Gasteiger partial charge in [0, 0.05) is 35.5 Å². The Kier molecular flexibility index (Phi) is 4.71. The predicted molar refractivity (Wildman–Crippen MR) is 127 cm³/mol. The van der Waals surface area contributed by atoms with Crippen LogP contribution in [0.4, 0.5) is 11.4 Å². The first-order chi connectivity index (χ1) is 16.0. The normalized spacial score (nSPS) is 21.9. The van der Waals surface area contributed by atoms with E-state index in [4.69, 9.17) is 5.73 Å².